The summed E-state index contributed by atoms with van der Waals surface area (Å²) < 4.78 is 5.41. The van der Waals surface area contributed by atoms with Crippen molar-refractivity contribution in [3.8, 4) is 11.5 Å². The monoisotopic (exact) mass is 341 g/mol. The third-order valence-electron chi connectivity index (χ3n) is 3.48. The molecule has 24 heavy (non-hydrogen) atoms. The number of halogens is 1. The van der Waals surface area contributed by atoms with Gasteiger partial charge in [-0.25, -0.2) is 0 Å². The Morgan fingerprint density at radius 2 is 1.79 bits per heavy atom. The van der Waals surface area contributed by atoms with Crippen molar-refractivity contribution in [3.05, 3.63) is 71.1 Å². The van der Waals surface area contributed by atoms with E-state index in [2.05, 4.69) is 27.6 Å². The molecule has 0 aliphatic rings. The molecule has 0 spiro atoms. The molecule has 0 aliphatic heterocycles. The van der Waals surface area contributed by atoms with Crippen molar-refractivity contribution in [2.75, 3.05) is 6.54 Å². The number of aromatic nitrogens is 2. The first-order chi connectivity index (χ1) is 11.7. The SMILES string of the molecule is O=C(NCCCc1ccccc1)c1nnc(-c2ccc(Cl)cc2)o1. The van der Waals surface area contributed by atoms with Gasteiger partial charge in [-0.15, -0.1) is 10.2 Å². The normalized spacial score (nSPS) is 10.5. The maximum absolute atomic E-state index is 12.0. The first-order valence-corrected chi connectivity index (χ1v) is 8.02. The molecule has 1 N–H and O–H groups in total. The molecule has 1 amide bonds. The van der Waals surface area contributed by atoms with Crippen LogP contribution >= 0.6 is 11.6 Å². The molecule has 0 saturated heterocycles. The molecule has 2 aromatic carbocycles. The maximum atomic E-state index is 12.0. The number of nitrogens with zero attached hydrogens (tertiary/aromatic N) is 2. The molecular formula is C18H16ClN3O2. The molecule has 0 radical (unpaired) electrons. The molecular weight excluding hydrogens is 326 g/mol. The van der Waals surface area contributed by atoms with E-state index in [-0.39, 0.29) is 11.8 Å². The molecule has 0 aliphatic carbocycles. The highest BCUT2D eigenvalue weighted by Gasteiger charge is 2.15. The molecule has 122 valence electrons. The fourth-order valence-electron chi connectivity index (χ4n) is 2.24. The van der Waals surface area contributed by atoms with E-state index in [9.17, 15) is 4.79 Å². The van der Waals surface area contributed by atoms with Gasteiger partial charge >= 0.3 is 11.8 Å². The van der Waals surface area contributed by atoms with Gasteiger partial charge in [-0.1, -0.05) is 41.9 Å². The zero-order chi connectivity index (χ0) is 16.8. The third kappa shape index (κ3) is 4.20. The average molecular weight is 342 g/mol. The zero-order valence-electron chi connectivity index (χ0n) is 12.9. The minimum absolute atomic E-state index is 0.0420. The van der Waals surface area contributed by atoms with Crippen LogP contribution in [0.2, 0.25) is 5.02 Å². The number of rotatable bonds is 6. The molecule has 1 heterocycles. The lowest BCUT2D eigenvalue weighted by Crippen LogP contribution is -2.25. The first kappa shape index (κ1) is 16.2. The number of amides is 1. The van der Waals surface area contributed by atoms with Crippen LogP contribution in [0.1, 0.15) is 22.7 Å². The summed E-state index contributed by atoms with van der Waals surface area (Å²) in [5, 5.41) is 11.1. The molecule has 0 bridgehead atoms. The summed E-state index contributed by atoms with van der Waals surface area (Å²) in [4.78, 5) is 12.0. The van der Waals surface area contributed by atoms with Gasteiger partial charge in [-0.3, -0.25) is 4.79 Å². The standard InChI is InChI=1S/C18H16ClN3O2/c19-15-10-8-14(9-11-15)17-21-22-18(24-17)16(23)20-12-4-7-13-5-2-1-3-6-13/h1-3,5-6,8-11H,4,7,12H2,(H,20,23). The highest BCUT2D eigenvalue weighted by molar-refractivity contribution is 6.30. The van der Waals surface area contributed by atoms with E-state index >= 15 is 0 Å². The van der Waals surface area contributed by atoms with Crippen LogP contribution in [0, 0.1) is 0 Å². The number of carbonyl (C=O) groups excluding carboxylic acids is 1. The topological polar surface area (TPSA) is 68.0 Å². The van der Waals surface area contributed by atoms with Gasteiger partial charge in [0.15, 0.2) is 0 Å². The Bertz CT molecular complexity index is 801. The Morgan fingerprint density at radius 1 is 1.04 bits per heavy atom. The van der Waals surface area contributed by atoms with Crippen LogP contribution < -0.4 is 5.32 Å². The van der Waals surface area contributed by atoms with Crippen LogP contribution in [0.15, 0.2) is 59.0 Å². The van der Waals surface area contributed by atoms with E-state index in [1.54, 1.807) is 24.3 Å². The summed E-state index contributed by atoms with van der Waals surface area (Å²) in [6, 6.07) is 17.1. The van der Waals surface area contributed by atoms with Crippen LogP contribution in [-0.2, 0) is 6.42 Å². The third-order valence-corrected chi connectivity index (χ3v) is 3.73. The maximum Gasteiger partial charge on any atom is 0.308 e. The fraction of sp³-hybridized carbons (Fsp3) is 0.167. The van der Waals surface area contributed by atoms with E-state index < -0.39 is 0 Å². The number of nitrogens with one attached hydrogen (secondary N) is 1. The Hall–Kier alpha value is -2.66. The van der Waals surface area contributed by atoms with Crippen LogP contribution in [0.4, 0.5) is 0 Å². The molecule has 0 unspecified atom stereocenters. The molecule has 3 aromatic rings. The second kappa shape index (κ2) is 7.75. The van der Waals surface area contributed by atoms with Crippen molar-refractivity contribution in [1.29, 1.82) is 0 Å². The molecule has 0 saturated carbocycles. The number of benzene rings is 2. The Kier molecular flexibility index (Phi) is 5.23. The Labute approximate surface area is 144 Å². The van der Waals surface area contributed by atoms with Gasteiger partial charge in [0, 0.05) is 17.1 Å². The van der Waals surface area contributed by atoms with Crippen molar-refractivity contribution in [1.82, 2.24) is 15.5 Å². The number of carbonyl (C=O) groups is 1. The largest absolute Gasteiger partial charge is 0.412 e. The summed E-state index contributed by atoms with van der Waals surface area (Å²) in [5.41, 5.74) is 1.96. The molecule has 0 atom stereocenters. The molecule has 1 aromatic heterocycles. The number of hydrogen-bond acceptors (Lipinski definition) is 4. The molecule has 0 fully saturated rings. The smallest absolute Gasteiger partial charge is 0.308 e. The molecule has 6 heteroatoms. The number of hydrogen-bond donors (Lipinski definition) is 1. The van der Waals surface area contributed by atoms with Gasteiger partial charge in [0.1, 0.15) is 0 Å². The van der Waals surface area contributed by atoms with Gasteiger partial charge in [0.05, 0.1) is 0 Å². The van der Waals surface area contributed by atoms with Crippen molar-refractivity contribution in [3.63, 3.8) is 0 Å². The summed E-state index contributed by atoms with van der Waals surface area (Å²) in [7, 11) is 0. The van der Waals surface area contributed by atoms with E-state index in [0.717, 1.165) is 18.4 Å². The first-order valence-electron chi connectivity index (χ1n) is 7.64. The second-order valence-electron chi connectivity index (χ2n) is 5.26. The quantitative estimate of drug-likeness (QED) is 0.693. The van der Waals surface area contributed by atoms with Gasteiger partial charge in [-0.05, 0) is 42.7 Å². The lowest BCUT2D eigenvalue weighted by Gasteiger charge is -2.02. The van der Waals surface area contributed by atoms with Gasteiger partial charge in [-0.2, -0.15) is 0 Å². The minimum Gasteiger partial charge on any atom is -0.412 e. The van der Waals surface area contributed by atoms with Crippen LogP contribution in [0.25, 0.3) is 11.5 Å². The van der Waals surface area contributed by atoms with E-state index in [1.807, 2.05) is 18.2 Å². The second-order valence-corrected chi connectivity index (χ2v) is 5.70. The number of aryl methyl sites for hydroxylation is 1. The lowest BCUT2D eigenvalue weighted by atomic mass is 10.1. The average Bonchev–Trinajstić information content (AvgIpc) is 3.10. The van der Waals surface area contributed by atoms with E-state index in [1.165, 1.54) is 5.56 Å². The van der Waals surface area contributed by atoms with Gasteiger partial charge in [0.25, 0.3) is 0 Å². The molecule has 3 rings (SSSR count). The van der Waals surface area contributed by atoms with Crippen LogP contribution in [0.5, 0.6) is 0 Å². The van der Waals surface area contributed by atoms with E-state index in [0.29, 0.717) is 17.5 Å². The highest BCUT2D eigenvalue weighted by Crippen LogP contribution is 2.20. The fourth-order valence-corrected chi connectivity index (χ4v) is 2.36. The predicted octanol–water partition coefficient (Wildman–Crippen LogP) is 3.75. The summed E-state index contributed by atoms with van der Waals surface area (Å²) >= 11 is 5.84. The minimum atomic E-state index is -0.365. The molecule has 5 nitrogen and oxygen atoms in total. The predicted molar refractivity (Wildman–Crippen MR) is 91.8 cm³/mol. The van der Waals surface area contributed by atoms with Gasteiger partial charge < -0.3 is 9.73 Å². The van der Waals surface area contributed by atoms with Gasteiger partial charge in [0.2, 0.25) is 5.89 Å². The van der Waals surface area contributed by atoms with Crippen LogP contribution in [0.3, 0.4) is 0 Å². The zero-order valence-corrected chi connectivity index (χ0v) is 13.7. The van der Waals surface area contributed by atoms with Crippen LogP contribution in [-0.4, -0.2) is 22.6 Å². The summed E-state index contributed by atoms with van der Waals surface area (Å²) in [6.45, 7) is 0.548. The van der Waals surface area contributed by atoms with Crippen molar-refractivity contribution in [2.45, 2.75) is 12.8 Å². The highest BCUT2D eigenvalue weighted by atomic mass is 35.5. The Balaban J connectivity index is 1.51. The Morgan fingerprint density at radius 3 is 2.54 bits per heavy atom. The van der Waals surface area contributed by atoms with E-state index in [4.69, 9.17) is 16.0 Å². The van der Waals surface area contributed by atoms with Crippen molar-refractivity contribution < 1.29 is 9.21 Å². The summed E-state index contributed by atoms with van der Waals surface area (Å²) in [5.74, 6) is -0.114. The van der Waals surface area contributed by atoms with Crippen molar-refractivity contribution >= 4 is 17.5 Å². The summed E-state index contributed by atoms with van der Waals surface area (Å²) in [6.07, 6.45) is 1.74. The van der Waals surface area contributed by atoms with Crippen molar-refractivity contribution in [2.24, 2.45) is 0 Å². The lowest BCUT2D eigenvalue weighted by molar-refractivity contribution is 0.0919.